The summed E-state index contributed by atoms with van der Waals surface area (Å²) in [6.45, 7) is 7.69. The lowest BCUT2D eigenvalue weighted by molar-refractivity contribution is 0.0240. The average molecular weight is 491 g/mol. The Morgan fingerprint density at radius 2 is 1.69 bits per heavy atom. The molecule has 0 bridgehead atoms. The van der Waals surface area contributed by atoms with Gasteiger partial charge in [0, 0.05) is 50.2 Å². The second-order valence-electron chi connectivity index (χ2n) is 9.33. The first-order valence-electron chi connectivity index (χ1n) is 11.4. The van der Waals surface area contributed by atoms with Crippen LogP contribution in [0.3, 0.4) is 0 Å². The molecule has 1 aliphatic rings. The van der Waals surface area contributed by atoms with Gasteiger partial charge in [-0.05, 0) is 50.1 Å². The Morgan fingerprint density at radius 3 is 2.40 bits per heavy atom. The van der Waals surface area contributed by atoms with Crippen LogP contribution in [0.4, 0.5) is 10.6 Å². The summed E-state index contributed by atoms with van der Waals surface area (Å²) in [5, 5.41) is 5.58. The molecule has 0 atom stereocenters. The summed E-state index contributed by atoms with van der Waals surface area (Å²) in [5.41, 5.74) is 2.23. The van der Waals surface area contributed by atoms with Gasteiger partial charge in [-0.1, -0.05) is 29.5 Å². The second-order valence-corrected chi connectivity index (χ2v) is 10.3. The molecular weight excluding hydrogens is 464 g/mol. The number of hydrogen-bond donors (Lipinski definition) is 0. The zero-order valence-electron chi connectivity index (χ0n) is 19.8. The molecule has 0 spiro atoms. The SMILES string of the molecule is CC(C)(C)OC(=O)N1CCN(c2cc(=O)nc3sc(-c4cccc(-c5ccncc5)c4)nn23)CC1. The van der Waals surface area contributed by atoms with Gasteiger partial charge in [0.25, 0.3) is 5.56 Å². The monoisotopic (exact) mass is 490 g/mol. The molecule has 5 rings (SSSR count). The molecule has 0 aliphatic carbocycles. The van der Waals surface area contributed by atoms with Crippen LogP contribution in [0.1, 0.15) is 20.8 Å². The van der Waals surface area contributed by atoms with E-state index in [9.17, 15) is 9.59 Å². The number of carbonyl (C=O) groups excluding carboxylic acids is 1. The minimum absolute atomic E-state index is 0.310. The van der Waals surface area contributed by atoms with Gasteiger partial charge >= 0.3 is 6.09 Å². The minimum atomic E-state index is -0.537. The maximum Gasteiger partial charge on any atom is 0.410 e. The summed E-state index contributed by atoms with van der Waals surface area (Å²) in [5.74, 6) is 0.677. The molecule has 1 saturated heterocycles. The summed E-state index contributed by atoms with van der Waals surface area (Å²) in [6.07, 6.45) is 3.22. The fourth-order valence-electron chi connectivity index (χ4n) is 3.96. The van der Waals surface area contributed by atoms with Crippen LogP contribution in [-0.2, 0) is 4.74 Å². The van der Waals surface area contributed by atoms with E-state index in [0.29, 0.717) is 37.0 Å². The quantitative estimate of drug-likeness (QED) is 0.429. The Bertz CT molecular complexity index is 1420. The highest BCUT2D eigenvalue weighted by atomic mass is 32.1. The van der Waals surface area contributed by atoms with E-state index in [-0.39, 0.29) is 11.7 Å². The first-order chi connectivity index (χ1) is 16.8. The highest BCUT2D eigenvalue weighted by Gasteiger charge is 2.27. The minimum Gasteiger partial charge on any atom is -0.444 e. The van der Waals surface area contributed by atoms with Gasteiger partial charge in [0.1, 0.15) is 16.4 Å². The predicted molar refractivity (Wildman–Crippen MR) is 136 cm³/mol. The molecule has 1 aromatic carbocycles. The molecule has 3 aromatic heterocycles. The van der Waals surface area contributed by atoms with E-state index in [1.807, 2.05) is 51.1 Å². The number of carbonyl (C=O) groups is 1. The summed E-state index contributed by atoms with van der Waals surface area (Å²) in [4.78, 5) is 37.4. The Kier molecular flexibility index (Phi) is 5.98. The molecule has 1 fully saturated rings. The number of nitrogens with zero attached hydrogens (tertiary/aromatic N) is 6. The maximum absolute atomic E-state index is 12.4. The molecule has 0 N–H and O–H groups in total. The van der Waals surface area contributed by atoms with Gasteiger partial charge in [-0.15, -0.1) is 0 Å². The zero-order chi connectivity index (χ0) is 24.6. The van der Waals surface area contributed by atoms with Crippen LogP contribution in [0.5, 0.6) is 0 Å². The largest absolute Gasteiger partial charge is 0.444 e. The van der Waals surface area contributed by atoms with E-state index >= 15 is 0 Å². The smallest absolute Gasteiger partial charge is 0.410 e. The normalized spacial score (nSPS) is 14.4. The Balaban J connectivity index is 1.42. The topological polar surface area (TPSA) is 92.9 Å². The molecular formula is C25H26N6O3S. The third-order valence-corrected chi connectivity index (χ3v) is 6.57. The standard InChI is InChI=1S/C25H26N6O3S/c1-25(2,3)34-24(33)30-13-11-29(12-14-30)21-16-20(32)27-23-31(21)28-22(35-23)19-6-4-5-18(15-19)17-7-9-26-10-8-17/h4-10,15-16H,11-14H2,1-3H3. The first kappa shape index (κ1) is 23.0. The summed E-state index contributed by atoms with van der Waals surface area (Å²) in [6, 6.07) is 13.5. The van der Waals surface area contributed by atoms with Crippen molar-refractivity contribution in [2.45, 2.75) is 26.4 Å². The lowest BCUT2D eigenvalue weighted by atomic mass is 10.0. The number of benzene rings is 1. The van der Waals surface area contributed by atoms with Crippen molar-refractivity contribution in [3.63, 3.8) is 0 Å². The molecule has 0 saturated carbocycles. The van der Waals surface area contributed by atoms with Crippen LogP contribution in [0.2, 0.25) is 0 Å². The molecule has 0 unspecified atom stereocenters. The molecule has 4 heterocycles. The van der Waals surface area contributed by atoms with Gasteiger partial charge in [0.15, 0.2) is 0 Å². The number of aromatic nitrogens is 4. The molecule has 1 aliphatic heterocycles. The fraction of sp³-hybridized carbons (Fsp3) is 0.320. The Hall–Kier alpha value is -3.79. The Morgan fingerprint density at radius 1 is 0.971 bits per heavy atom. The summed E-state index contributed by atoms with van der Waals surface area (Å²) in [7, 11) is 0. The van der Waals surface area contributed by atoms with Crippen molar-refractivity contribution < 1.29 is 9.53 Å². The van der Waals surface area contributed by atoms with Crippen molar-refractivity contribution >= 4 is 28.2 Å². The van der Waals surface area contributed by atoms with Crippen LogP contribution in [0, 0.1) is 0 Å². The number of ether oxygens (including phenoxy) is 1. The van der Waals surface area contributed by atoms with Gasteiger partial charge in [0.05, 0.1) is 0 Å². The van der Waals surface area contributed by atoms with Crippen molar-refractivity contribution in [3.8, 4) is 21.7 Å². The van der Waals surface area contributed by atoms with Crippen LogP contribution < -0.4 is 10.5 Å². The van der Waals surface area contributed by atoms with Gasteiger partial charge in [-0.3, -0.25) is 9.78 Å². The average Bonchev–Trinajstić information content (AvgIpc) is 3.27. The maximum atomic E-state index is 12.4. The second kappa shape index (κ2) is 9.10. The highest BCUT2D eigenvalue weighted by Crippen LogP contribution is 2.30. The van der Waals surface area contributed by atoms with Crippen LogP contribution in [0.25, 0.3) is 26.7 Å². The lowest BCUT2D eigenvalue weighted by Crippen LogP contribution is -2.50. The van der Waals surface area contributed by atoms with Gasteiger partial charge in [-0.25, -0.2) is 4.79 Å². The van der Waals surface area contributed by atoms with Gasteiger partial charge < -0.3 is 14.5 Å². The van der Waals surface area contributed by atoms with Crippen molar-refractivity contribution in [2.75, 3.05) is 31.1 Å². The van der Waals surface area contributed by atoms with Crippen molar-refractivity contribution in [2.24, 2.45) is 0 Å². The molecule has 4 aromatic rings. The van der Waals surface area contributed by atoms with Crippen LogP contribution in [-0.4, -0.2) is 62.4 Å². The van der Waals surface area contributed by atoms with Gasteiger partial charge in [-0.2, -0.15) is 14.6 Å². The third-order valence-electron chi connectivity index (χ3n) is 5.61. The van der Waals surface area contributed by atoms with E-state index in [1.54, 1.807) is 21.8 Å². The van der Waals surface area contributed by atoms with Crippen molar-refractivity contribution in [3.05, 3.63) is 65.2 Å². The van der Waals surface area contributed by atoms with Crippen LogP contribution in [0.15, 0.2) is 59.7 Å². The highest BCUT2D eigenvalue weighted by molar-refractivity contribution is 7.19. The van der Waals surface area contributed by atoms with E-state index in [4.69, 9.17) is 9.84 Å². The summed E-state index contributed by atoms with van der Waals surface area (Å²) >= 11 is 1.38. The van der Waals surface area contributed by atoms with Crippen molar-refractivity contribution in [1.82, 2.24) is 24.5 Å². The van der Waals surface area contributed by atoms with Crippen LogP contribution >= 0.6 is 11.3 Å². The number of hydrogen-bond acceptors (Lipinski definition) is 8. The number of piperazine rings is 1. The number of fused-ring (bicyclic) bond motifs is 1. The number of anilines is 1. The number of pyridine rings is 1. The molecule has 9 nitrogen and oxygen atoms in total. The van der Waals surface area contributed by atoms with Crippen molar-refractivity contribution in [1.29, 1.82) is 0 Å². The lowest BCUT2D eigenvalue weighted by Gasteiger charge is -2.36. The van der Waals surface area contributed by atoms with E-state index in [1.165, 1.54) is 17.4 Å². The molecule has 35 heavy (non-hydrogen) atoms. The van der Waals surface area contributed by atoms with E-state index in [2.05, 4.69) is 20.9 Å². The third kappa shape index (κ3) is 5.02. The van der Waals surface area contributed by atoms with E-state index < -0.39 is 5.60 Å². The fourth-order valence-corrected chi connectivity index (χ4v) is 4.86. The molecule has 10 heteroatoms. The zero-order valence-corrected chi connectivity index (χ0v) is 20.7. The summed E-state index contributed by atoms with van der Waals surface area (Å²) < 4.78 is 7.22. The first-order valence-corrected chi connectivity index (χ1v) is 12.2. The predicted octanol–water partition coefficient (Wildman–Crippen LogP) is 3.94. The molecule has 180 valence electrons. The molecule has 1 amide bonds. The van der Waals surface area contributed by atoms with Gasteiger partial charge in [0.2, 0.25) is 4.96 Å². The number of rotatable bonds is 3. The van der Waals surface area contributed by atoms with E-state index in [0.717, 1.165) is 21.7 Å². The number of amides is 1. The Labute approximate surface area is 206 Å². The molecule has 0 radical (unpaired) electrons.